The maximum atomic E-state index is 8.59. The smallest absolute Gasteiger partial charge is 0.0829 e. The highest BCUT2D eigenvalue weighted by atomic mass is 16.5. The monoisotopic (exact) mass is 288 g/mol. The van der Waals surface area contributed by atoms with E-state index in [0.29, 0.717) is 6.61 Å². The van der Waals surface area contributed by atoms with Gasteiger partial charge in [0.15, 0.2) is 0 Å². The number of rotatable bonds is 13. The fourth-order valence-corrected chi connectivity index (χ4v) is 1.84. The quantitative estimate of drug-likeness (QED) is 0.392. The topological polar surface area (TPSA) is 61.0 Å². The summed E-state index contributed by atoms with van der Waals surface area (Å²) in [6.45, 7) is 9.15. The first-order valence-electron chi connectivity index (χ1n) is 7.81. The van der Waals surface area contributed by atoms with Crippen molar-refractivity contribution in [3.8, 4) is 0 Å². The number of aliphatic hydroxyl groups is 1. The molecule has 3 heteroatoms. The van der Waals surface area contributed by atoms with Crippen LogP contribution in [0.1, 0.15) is 77.6 Å². The summed E-state index contributed by atoms with van der Waals surface area (Å²) in [4.78, 5) is 0. The van der Waals surface area contributed by atoms with Crippen molar-refractivity contribution >= 4 is 0 Å². The molecular weight excluding hydrogens is 252 g/mol. The standard InChI is InChI=1S/C13H28O.C4H6O.H2O/c1-2-3-4-5-6-7-8-9-10-11-12-13-14;1-3-5-4-2;/h14H,2-13H2,1H3;3-4H,1-2H2;1H2. The summed E-state index contributed by atoms with van der Waals surface area (Å²) in [5, 5.41) is 8.59. The van der Waals surface area contributed by atoms with E-state index in [1.165, 1.54) is 76.7 Å². The SMILES string of the molecule is C=COC=C.CCCCCCCCCCCCCO.O. The Hall–Kier alpha value is -0.800. The molecule has 0 aromatic carbocycles. The van der Waals surface area contributed by atoms with Gasteiger partial charge in [-0.05, 0) is 6.42 Å². The second-order valence-electron chi connectivity index (χ2n) is 4.73. The number of aliphatic hydroxyl groups excluding tert-OH is 1. The molecule has 122 valence electrons. The molecule has 3 N–H and O–H groups in total. The number of hydrogen-bond acceptors (Lipinski definition) is 2. The molecule has 0 saturated heterocycles. The first kappa shape index (κ1) is 24.2. The Labute approximate surface area is 126 Å². The number of hydrogen-bond donors (Lipinski definition) is 1. The maximum absolute atomic E-state index is 8.59. The summed E-state index contributed by atoms with van der Waals surface area (Å²) in [6, 6.07) is 0. The molecule has 0 rings (SSSR count). The second-order valence-corrected chi connectivity index (χ2v) is 4.73. The van der Waals surface area contributed by atoms with E-state index in [2.05, 4.69) is 24.8 Å². The van der Waals surface area contributed by atoms with Crippen LogP contribution in [0.5, 0.6) is 0 Å². The molecule has 0 aromatic rings. The van der Waals surface area contributed by atoms with Gasteiger partial charge in [0.25, 0.3) is 0 Å². The van der Waals surface area contributed by atoms with E-state index in [0.717, 1.165) is 6.42 Å². The van der Waals surface area contributed by atoms with Crippen LogP contribution in [0.2, 0.25) is 0 Å². The van der Waals surface area contributed by atoms with Gasteiger partial charge in [-0.1, -0.05) is 84.3 Å². The largest absolute Gasteiger partial charge is 0.474 e. The second kappa shape index (κ2) is 26.7. The average molecular weight is 288 g/mol. The van der Waals surface area contributed by atoms with E-state index in [4.69, 9.17) is 5.11 Å². The highest BCUT2D eigenvalue weighted by Crippen LogP contribution is 2.10. The maximum Gasteiger partial charge on any atom is 0.0829 e. The summed E-state index contributed by atoms with van der Waals surface area (Å²) >= 11 is 0. The predicted molar refractivity (Wildman–Crippen MR) is 88.6 cm³/mol. The van der Waals surface area contributed by atoms with E-state index in [1.54, 1.807) is 0 Å². The summed E-state index contributed by atoms with van der Waals surface area (Å²) in [6.07, 6.45) is 17.4. The Kier molecular flexibility index (Phi) is 32.4. The minimum absolute atomic E-state index is 0. The minimum Gasteiger partial charge on any atom is -0.474 e. The molecule has 0 radical (unpaired) electrons. The number of unbranched alkanes of at least 4 members (excludes halogenated alkanes) is 10. The van der Waals surface area contributed by atoms with Gasteiger partial charge in [0.1, 0.15) is 0 Å². The molecular formula is C17H36O3. The Balaban J connectivity index is -0.000000414. The average Bonchev–Trinajstić information content (AvgIpc) is 2.43. The first-order chi connectivity index (χ1) is 9.33. The van der Waals surface area contributed by atoms with Crippen LogP contribution in [0.4, 0.5) is 0 Å². The van der Waals surface area contributed by atoms with Gasteiger partial charge in [-0.2, -0.15) is 0 Å². The van der Waals surface area contributed by atoms with Crippen molar-refractivity contribution in [2.24, 2.45) is 0 Å². The molecule has 3 nitrogen and oxygen atoms in total. The molecule has 0 aromatic heterocycles. The van der Waals surface area contributed by atoms with Crippen molar-refractivity contribution in [1.29, 1.82) is 0 Å². The van der Waals surface area contributed by atoms with Crippen molar-refractivity contribution in [3.63, 3.8) is 0 Å². The molecule has 0 aliphatic carbocycles. The fraction of sp³-hybridized carbons (Fsp3) is 0.765. The highest BCUT2D eigenvalue weighted by molar-refractivity contribution is 4.57. The Morgan fingerprint density at radius 3 is 1.35 bits per heavy atom. The summed E-state index contributed by atoms with van der Waals surface area (Å²) in [5.41, 5.74) is 0. The number of ether oxygens (including phenoxy) is 1. The Morgan fingerprint density at radius 2 is 1.10 bits per heavy atom. The lowest BCUT2D eigenvalue weighted by Gasteiger charge is -2.01. The lowest BCUT2D eigenvalue weighted by Crippen LogP contribution is -1.84. The summed E-state index contributed by atoms with van der Waals surface area (Å²) < 4.78 is 4.36. The van der Waals surface area contributed by atoms with Crippen LogP contribution in [0.25, 0.3) is 0 Å². The van der Waals surface area contributed by atoms with Gasteiger partial charge in [-0.3, -0.25) is 0 Å². The Morgan fingerprint density at radius 1 is 0.750 bits per heavy atom. The van der Waals surface area contributed by atoms with Gasteiger partial charge in [0.05, 0.1) is 12.5 Å². The van der Waals surface area contributed by atoms with Crippen molar-refractivity contribution in [1.82, 2.24) is 0 Å². The molecule has 0 saturated carbocycles. The molecule has 0 unspecified atom stereocenters. The molecule has 0 aliphatic rings. The van der Waals surface area contributed by atoms with Crippen molar-refractivity contribution in [2.75, 3.05) is 6.61 Å². The summed E-state index contributed by atoms with van der Waals surface area (Å²) in [7, 11) is 0. The Bertz CT molecular complexity index is 152. The van der Waals surface area contributed by atoms with Crippen LogP contribution in [0.3, 0.4) is 0 Å². The van der Waals surface area contributed by atoms with Gasteiger partial charge >= 0.3 is 0 Å². The zero-order valence-electron chi connectivity index (χ0n) is 13.4. The van der Waals surface area contributed by atoms with Crippen LogP contribution < -0.4 is 0 Å². The lowest BCUT2D eigenvalue weighted by molar-refractivity contribution is 0.282. The van der Waals surface area contributed by atoms with Gasteiger partial charge in [-0.25, -0.2) is 0 Å². The van der Waals surface area contributed by atoms with Gasteiger partial charge < -0.3 is 15.3 Å². The van der Waals surface area contributed by atoms with Crippen LogP contribution >= 0.6 is 0 Å². The molecule has 0 heterocycles. The third-order valence-corrected chi connectivity index (χ3v) is 2.95. The molecule has 0 bridgehead atoms. The lowest BCUT2D eigenvalue weighted by atomic mass is 10.1. The molecule has 0 spiro atoms. The van der Waals surface area contributed by atoms with E-state index in [1.807, 2.05) is 0 Å². The van der Waals surface area contributed by atoms with Crippen molar-refractivity contribution < 1.29 is 15.3 Å². The van der Waals surface area contributed by atoms with Crippen LogP contribution in [-0.4, -0.2) is 17.2 Å². The van der Waals surface area contributed by atoms with E-state index in [-0.39, 0.29) is 5.48 Å². The molecule has 0 aliphatic heterocycles. The molecule has 0 amide bonds. The third kappa shape index (κ3) is 30.3. The third-order valence-electron chi connectivity index (χ3n) is 2.95. The first-order valence-corrected chi connectivity index (χ1v) is 7.81. The zero-order chi connectivity index (χ0) is 14.6. The van der Waals surface area contributed by atoms with E-state index in [9.17, 15) is 0 Å². The zero-order valence-corrected chi connectivity index (χ0v) is 13.4. The minimum atomic E-state index is 0. The van der Waals surface area contributed by atoms with Crippen LogP contribution in [0.15, 0.2) is 25.7 Å². The summed E-state index contributed by atoms with van der Waals surface area (Å²) in [5.74, 6) is 0. The molecule has 0 atom stereocenters. The van der Waals surface area contributed by atoms with Crippen LogP contribution in [0, 0.1) is 0 Å². The predicted octanol–water partition coefficient (Wildman–Crippen LogP) is 4.76. The normalized spacial score (nSPS) is 8.90. The molecule has 0 fully saturated rings. The van der Waals surface area contributed by atoms with Crippen molar-refractivity contribution in [2.45, 2.75) is 77.6 Å². The van der Waals surface area contributed by atoms with E-state index >= 15 is 0 Å². The molecule has 20 heavy (non-hydrogen) atoms. The van der Waals surface area contributed by atoms with Gasteiger partial charge in [-0.15, -0.1) is 0 Å². The van der Waals surface area contributed by atoms with Gasteiger partial charge in [0, 0.05) is 6.61 Å². The van der Waals surface area contributed by atoms with Gasteiger partial charge in [0.2, 0.25) is 0 Å². The van der Waals surface area contributed by atoms with Crippen molar-refractivity contribution in [3.05, 3.63) is 25.7 Å². The highest BCUT2D eigenvalue weighted by Gasteiger charge is 1.91. The fourth-order valence-electron chi connectivity index (χ4n) is 1.84. The van der Waals surface area contributed by atoms with E-state index < -0.39 is 0 Å². The van der Waals surface area contributed by atoms with Crippen LogP contribution in [-0.2, 0) is 4.74 Å².